The lowest BCUT2D eigenvalue weighted by atomic mass is 10.0. The van der Waals surface area contributed by atoms with Crippen molar-refractivity contribution in [2.24, 2.45) is 5.92 Å². The number of amides is 1. The van der Waals surface area contributed by atoms with Crippen molar-refractivity contribution in [3.05, 3.63) is 0 Å². The van der Waals surface area contributed by atoms with Gasteiger partial charge in [0.25, 0.3) is 0 Å². The smallest absolute Gasteiger partial charge is 0.323 e. The highest BCUT2D eigenvalue weighted by Gasteiger charge is 2.29. The van der Waals surface area contributed by atoms with E-state index in [2.05, 4.69) is 11.2 Å². The fourth-order valence-electron chi connectivity index (χ4n) is 1.21. The highest BCUT2D eigenvalue weighted by Crippen LogP contribution is 2.07. The third-order valence-corrected chi connectivity index (χ3v) is 2.05. The van der Waals surface area contributed by atoms with Gasteiger partial charge in [-0.25, -0.2) is 0 Å². The van der Waals surface area contributed by atoms with Gasteiger partial charge in [0.05, 0.1) is 12.5 Å². The predicted octanol–water partition coefficient (Wildman–Crippen LogP) is -1.25. The second kappa shape index (κ2) is 4.63. The normalized spacial score (nSPS) is 15.4. The summed E-state index contributed by atoms with van der Waals surface area (Å²) < 4.78 is 0. The van der Waals surface area contributed by atoms with Crippen LogP contribution >= 0.6 is 0 Å². The lowest BCUT2D eigenvalue weighted by Crippen LogP contribution is -2.53. The minimum absolute atomic E-state index is 0.0572. The van der Waals surface area contributed by atoms with Gasteiger partial charge in [0, 0.05) is 13.1 Å². The lowest BCUT2D eigenvalue weighted by molar-refractivity contribution is -0.146. The molecule has 0 unspecified atom stereocenters. The maximum absolute atomic E-state index is 11.6. The van der Waals surface area contributed by atoms with Crippen LogP contribution in [0.5, 0.6) is 0 Å². The molecule has 0 aromatic heterocycles. The molecule has 0 saturated carbocycles. The number of nitrogens with one attached hydrogen (secondary N) is 1. The van der Waals surface area contributed by atoms with Gasteiger partial charge in [0.15, 0.2) is 0 Å². The topological polar surface area (TPSA) is 69.6 Å². The molecule has 0 aliphatic carbocycles. The summed E-state index contributed by atoms with van der Waals surface area (Å²) in [4.78, 5) is 23.2. The van der Waals surface area contributed by atoms with Crippen molar-refractivity contribution >= 4 is 11.9 Å². The van der Waals surface area contributed by atoms with Gasteiger partial charge in [-0.05, 0) is 0 Å². The molecule has 0 radical (unpaired) electrons. The number of terminal acetylenes is 1. The molecular formula is C9H12N2O3. The first-order chi connectivity index (χ1) is 6.65. The zero-order valence-corrected chi connectivity index (χ0v) is 7.69. The van der Waals surface area contributed by atoms with Gasteiger partial charge in [-0.1, -0.05) is 5.92 Å². The quantitative estimate of drug-likeness (QED) is 0.551. The average molecular weight is 196 g/mol. The maximum Gasteiger partial charge on any atom is 0.323 e. The Hall–Kier alpha value is -1.54. The molecule has 1 amide bonds. The van der Waals surface area contributed by atoms with Crippen molar-refractivity contribution in [2.75, 3.05) is 26.2 Å². The van der Waals surface area contributed by atoms with Crippen molar-refractivity contribution in [1.29, 1.82) is 0 Å². The van der Waals surface area contributed by atoms with Gasteiger partial charge in [0.2, 0.25) is 5.91 Å². The monoisotopic (exact) mass is 196 g/mol. The standard InChI is InChI=1S/C9H12N2O3/c1-2-3-11(6-8(12)13)9(14)7-4-10-5-7/h1,7,10H,3-6H2,(H,12,13). The number of carboxylic acid groups (broad SMARTS) is 1. The summed E-state index contributed by atoms with van der Waals surface area (Å²) in [5.41, 5.74) is 0. The molecule has 2 N–H and O–H groups in total. The zero-order chi connectivity index (χ0) is 10.6. The van der Waals surface area contributed by atoms with Gasteiger partial charge >= 0.3 is 5.97 Å². The third kappa shape index (κ3) is 2.47. The summed E-state index contributed by atoms with van der Waals surface area (Å²) in [6, 6.07) is 0. The van der Waals surface area contributed by atoms with Crippen LogP contribution in [0.2, 0.25) is 0 Å². The summed E-state index contributed by atoms with van der Waals surface area (Å²) >= 11 is 0. The fraction of sp³-hybridized carbons (Fsp3) is 0.556. The molecule has 5 nitrogen and oxygen atoms in total. The van der Waals surface area contributed by atoms with Gasteiger partial charge < -0.3 is 15.3 Å². The van der Waals surface area contributed by atoms with Crippen LogP contribution in [0.25, 0.3) is 0 Å². The highest BCUT2D eigenvalue weighted by molar-refractivity contribution is 5.84. The maximum atomic E-state index is 11.6. The van der Waals surface area contributed by atoms with E-state index in [0.717, 1.165) is 0 Å². The first-order valence-corrected chi connectivity index (χ1v) is 4.30. The Morgan fingerprint density at radius 1 is 1.57 bits per heavy atom. The molecule has 1 fully saturated rings. The summed E-state index contributed by atoms with van der Waals surface area (Å²) in [6.07, 6.45) is 5.05. The van der Waals surface area contributed by atoms with Crippen LogP contribution in [0.3, 0.4) is 0 Å². The van der Waals surface area contributed by atoms with Crippen LogP contribution in [0.15, 0.2) is 0 Å². The minimum Gasteiger partial charge on any atom is -0.480 e. The Kier molecular flexibility index (Phi) is 3.48. The van der Waals surface area contributed by atoms with Crippen molar-refractivity contribution in [3.8, 4) is 12.3 Å². The number of hydrogen-bond donors (Lipinski definition) is 2. The number of carbonyl (C=O) groups is 2. The number of rotatable bonds is 4. The molecule has 1 rings (SSSR count). The average Bonchev–Trinajstić information content (AvgIpc) is 1.99. The summed E-state index contributed by atoms with van der Waals surface area (Å²) in [6.45, 7) is 0.959. The minimum atomic E-state index is -1.04. The van der Waals surface area contributed by atoms with E-state index in [1.807, 2.05) is 0 Å². The van der Waals surface area contributed by atoms with Crippen molar-refractivity contribution in [1.82, 2.24) is 10.2 Å². The summed E-state index contributed by atoms with van der Waals surface area (Å²) in [7, 11) is 0. The van der Waals surface area contributed by atoms with E-state index < -0.39 is 5.97 Å². The van der Waals surface area contributed by atoms with Crippen molar-refractivity contribution < 1.29 is 14.7 Å². The van der Waals surface area contributed by atoms with Crippen LogP contribution in [-0.4, -0.2) is 48.1 Å². The summed E-state index contributed by atoms with van der Waals surface area (Å²) in [5.74, 6) is 0.952. The van der Waals surface area contributed by atoms with Gasteiger partial charge in [0.1, 0.15) is 6.54 Å². The number of carbonyl (C=O) groups excluding carboxylic acids is 1. The SMILES string of the molecule is C#CCN(CC(=O)O)C(=O)C1CNC1. The Bertz CT molecular complexity index is 278. The molecule has 1 aliphatic heterocycles. The van der Waals surface area contributed by atoms with Crippen LogP contribution in [0.4, 0.5) is 0 Å². The summed E-state index contributed by atoms with van der Waals surface area (Å²) in [5, 5.41) is 11.5. The van der Waals surface area contributed by atoms with Crippen LogP contribution < -0.4 is 5.32 Å². The van der Waals surface area contributed by atoms with E-state index in [9.17, 15) is 9.59 Å². The van der Waals surface area contributed by atoms with Crippen molar-refractivity contribution in [3.63, 3.8) is 0 Å². The molecular weight excluding hydrogens is 184 g/mol. The molecule has 1 saturated heterocycles. The number of aliphatic carboxylic acids is 1. The second-order valence-electron chi connectivity index (χ2n) is 3.15. The third-order valence-electron chi connectivity index (χ3n) is 2.05. The highest BCUT2D eigenvalue weighted by atomic mass is 16.4. The molecule has 14 heavy (non-hydrogen) atoms. The first-order valence-electron chi connectivity index (χ1n) is 4.30. The number of carboxylic acids is 1. The van der Waals surface area contributed by atoms with E-state index in [1.165, 1.54) is 4.90 Å². The number of nitrogens with zero attached hydrogens (tertiary/aromatic N) is 1. The molecule has 0 aromatic carbocycles. The largest absolute Gasteiger partial charge is 0.480 e. The van der Waals surface area contributed by atoms with E-state index in [4.69, 9.17) is 11.5 Å². The Labute approximate surface area is 82.1 Å². The molecule has 1 heterocycles. The van der Waals surface area contributed by atoms with Gasteiger partial charge in [-0.3, -0.25) is 9.59 Å². The molecule has 0 aromatic rings. The van der Waals surface area contributed by atoms with E-state index in [1.54, 1.807) is 0 Å². The second-order valence-corrected chi connectivity index (χ2v) is 3.15. The van der Waals surface area contributed by atoms with Crippen LogP contribution in [-0.2, 0) is 9.59 Å². The lowest BCUT2D eigenvalue weighted by Gasteiger charge is -2.30. The fourth-order valence-corrected chi connectivity index (χ4v) is 1.21. The van der Waals surface area contributed by atoms with Gasteiger partial charge in [-0.2, -0.15) is 0 Å². The molecule has 76 valence electrons. The van der Waals surface area contributed by atoms with E-state index in [-0.39, 0.29) is 24.9 Å². The van der Waals surface area contributed by atoms with E-state index in [0.29, 0.717) is 13.1 Å². The molecule has 0 spiro atoms. The first kappa shape index (κ1) is 10.5. The molecule has 0 bridgehead atoms. The van der Waals surface area contributed by atoms with Gasteiger partial charge in [-0.15, -0.1) is 6.42 Å². The Morgan fingerprint density at radius 2 is 2.21 bits per heavy atom. The van der Waals surface area contributed by atoms with E-state index >= 15 is 0 Å². The van der Waals surface area contributed by atoms with Crippen LogP contribution in [0.1, 0.15) is 0 Å². The Balaban J connectivity index is 2.52. The Morgan fingerprint density at radius 3 is 2.57 bits per heavy atom. The molecule has 0 atom stereocenters. The van der Waals surface area contributed by atoms with Crippen molar-refractivity contribution in [2.45, 2.75) is 0 Å². The number of hydrogen-bond acceptors (Lipinski definition) is 3. The zero-order valence-electron chi connectivity index (χ0n) is 7.69. The predicted molar refractivity (Wildman–Crippen MR) is 49.4 cm³/mol. The molecule has 5 heteroatoms. The molecule has 1 aliphatic rings. The van der Waals surface area contributed by atoms with Crippen LogP contribution in [0, 0.1) is 18.3 Å².